The molecule has 0 aliphatic heterocycles. The molecule has 0 heterocycles. The first-order chi connectivity index (χ1) is 50.2. The minimum absolute atomic E-state index is 0.255. The Bertz CT molecular complexity index is 4530. The summed E-state index contributed by atoms with van der Waals surface area (Å²) in [6, 6.07) is 127. The maximum atomic E-state index is 2.42. The third-order valence-electron chi connectivity index (χ3n) is 21.6. The highest BCUT2D eigenvalue weighted by atomic mass is 15.1. The van der Waals surface area contributed by atoms with E-state index in [-0.39, 0.29) is 5.41 Å². The maximum Gasteiger partial charge on any atom is 0.0462 e. The summed E-state index contributed by atoms with van der Waals surface area (Å²) in [6.45, 7) is 22.7. The van der Waals surface area contributed by atoms with E-state index in [4.69, 9.17) is 0 Å². The number of anilines is 6. The minimum atomic E-state index is -0.255. The molecule has 0 aliphatic rings. The zero-order valence-electron chi connectivity index (χ0n) is 61.4. The van der Waals surface area contributed by atoms with Crippen LogP contribution < -0.4 is 9.80 Å². The fourth-order valence-electron chi connectivity index (χ4n) is 15.3. The quantitative estimate of drug-likeness (QED) is 0.0667. The van der Waals surface area contributed by atoms with Gasteiger partial charge in [0.25, 0.3) is 0 Å². The Morgan fingerprint density at radius 3 is 0.485 bits per heavy atom. The van der Waals surface area contributed by atoms with Gasteiger partial charge in [-0.05, 0) is 232 Å². The highest BCUT2D eigenvalue weighted by molar-refractivity contribution is 5.90. The Balaban J connectivity index is 0.810. The fraction of sp³-hybridized carbons (Fsp3) is 0.168. The highest BCUT2D eigenvalue weighted by Gasteiger charge is 2.32. The molecule has 14 aromatic carbocycles. The molecule has 0 saturated heterocycles. The molecule has 103 heavy (non-hydrogen) atoms. The van der Waals surface area contributed by atoms with Crippen LogP contribution >= 0.6 is 0 Å². The molecular formula is C101H94N2. The second kappa shape index (κ2) is 30.5. The predicted octanol–water partition coefficient (Wildman–Crippen LogP) is 29.6. The van der Waals surface area contributed by atoms with E-state index in [0.29, 0.717) is 23.7 Å². The molecule has 0 aliphatic carbocycles. The van der Waals surface area contributed by atoms with Crippen molar-refractivity contribution in [3.05, 3.63) is 373 Å². The summed E-state index contributed by atoms with van der Waals surface area (Å²) in [5, 5.41) is 0. The standard InChI is InChI=1S/C101H94N2/c1-11-101(12-2,85-53-65-91(66-54-85)102(87-57-45-81(46-58-87)97-25-17-13-21-93(97)77-37-29-73(30-38-77)69(3)4)88-59-47-82(48-60-88)98-26-18-14-22-94(98)78-39-31-74(32-40-78)70(5)6)86-55-67-92(68-56-86)103(89-61-49-83(50-62-89)99-27-19-15-23-95(99)79-41-33-75(34-42-79)71(7)8)90-63-51-84(52-64-90)100-28-20-16-24-96(100)80-43-35-76(36-44-80)72(9)10/h13-72H,11-12H2,1-10H3. The average molecular weight is 1340 g/mol. The molecule has 14 aromatic rings. The molecule has 0 atom stereocenters. The van der Waals surface area contributed by atoms with Crippen LogP contribution in [0.4, 0.5) is 34.1 Å². The monoisotopic (exact) mass is 1330 g/mol. The average Bonchev–Trinajstić information content (AvgIpc) is 0.783. The molecule has 2 heteroatoms. The summed E-state index contributed by atoms with van der Waals surface area (Å²) in [6.07, 6.45) is 1.86. The summed E-state index contributed by atoms with van der Waals surface area (Å²) in [7, 11) is 0. The zero-order chi connectivity index (χ0) is 71.1. The molecule has 0 bridgehead atoms. The minimum Gasteiger partial charge on any atom is -0.311 e. The van der Waals surface area contributed by atoms with Crippen LogP contribution in [0.3, 0.4) is 0 Å². The van der Waals surface area contributed by atoms with E-state index in [0.717, 1.165) is 47.0 Å². The van der Waals surface area contributed by atoms with Gasteiger partial charge in [-0.1, -0.05) is 336 Å². The number of rotatable bonds is 22. The van der Waals surface area contributed by atoms with Gasteiger partial charge in [0, 0.05) is 39.5 Å². The van der Waals surface area contributed by atoms with Crippen LogP contribution in [-0.2, 0) is 5.41 Å². The Hall–Kier alpha value is -11.3. The van der Waals surface area contributed by atoms with Crippen LogP contribution in [0.25, 0.3) is 89.0 Å². The molecule has 508 valence electrons. The number of hydrogen-bond donors (Lipinski definition) is 0. The van der Waals surface area contributed by atoms with Crippen molar-refractivity contribution in [1.82, 2.24) is 0 Å². The topological polar surface area (TPSA) is 6.48 Å². The predicted molar refractivity (Wildman–Crippen MR) is 443 cm³/mol. The van der Waals surface area contributed by atoms with Crippen molar-refractivity contribution in [3.63, 3.8) is 0 Å². The van der Waals surface area contributed by atoms with E-state index in [9.17, 15) is 0 Å². The lowest BCUT2D eigenvalue weighted by Gasteiger charge is -2.35. The molecular weight excluding hydrogens is 1240 g/mol. The molecule has 0 saturated carbocycles. The van der Waals surface area contributed by atoms with Gasteiger partial charge in [-0.2, -0.15) is 0 Å². The van der Waals surface area contributed by atoms with Crippen LogP contribution in [-0.4, -0.2) is 0 Å². The molecule has 0 fully saturated rings. The fourth-order valence-corrected chi connectivity index (χ4v) is 15.3. The Morgan fingerprint density at radius 1 is 0.194 bits per heavy atom. The van der Waals surface area contributed by atoms with Crippen LogP contribution in [0.2, 0.25) is 0 Å². The van der Waals surface area contributed by atoms with Crippen LogP contribution in [0.1, 0.15) is 139 Å². The van der Waals surface area contributed by atoms with Gasteiger partial charge in [0.15, 0.2) is 0 Å². The lowest BCUT2D eigenvalue weighted by atomic mass is 9.70. The summed E-state index contributed by atoms with van der Waals surface area (Å²) >= 11 is 0. The first kappa shape index (κ1) is 68.8. The van der Waals surface area contributed by atoms with Gasteiger partial charge in [0.05, 0.1) is 0 Å². The largest absolute Gasteiger partial charge is 0.311 e. The summed E-state index contributed by atoms with van der Waals surface area (Å²) < 4.78 is 0. The van der Waals surface area contributed by atoms with Crippen molar-refractivity contribution >= 4 is 34.1 Å². The van der Waals surface area contributed by atoms with Crippen molar-refractivity contribution in [3.8, 4) is 89.0 Å². The first-order valence-electron chi connectivity index (χ1n) is 37.3. The summed E-state index contributed by atoms with van der Waals surface area (Å²) in [5.74, 6) is 1.90. The molecule has 0 aromatic heterocycles. The Morgan fingerprint density at radius 2 is 0.340 bits per heavy atom. The number of benzene rings is 14. The maximum absolute atomic E-state index is 2.42. The number of hydrogen-bond acceptors (Lipinski definition) is 2. The Labute approximate surface area is 613 Å². The Kier molecular flexibility index (Phi) is 20.4. The summed E-state index contributed by atoms with van der Waals surface area (Å²) in [4.78, 5) is 4.84. The van der Waals surface area contributed by atoms with E-state index in [1.165, 1.54) is 122 Å². The SMILES string of the molecule is CCC(CC)(c1ccc(N(c2ccc(-c3ccccc3-c3ccc(C(C)C)cc3)cc2)c2ccc(-c3ccccc3-c3ccc(C(C)C)cc3)cc2)cc1)c1ccc(N(c2ccc(-c3ccccc3-c3ccc(C(C)C)cc3)cc2)c2ccc(-c3ccccc3-c3ccc(C(C)C)cc3)cc2)cc1. The van der Waals surface area contributed by atoms with Crippen molar-refractivity contribution in [1.29, 1.82) is 0 Å². The molecule has 0 unspecified atom stereocenters. The van der Waals surface area contributed by atoms with E-state index < -0.39 is 0 Å². The molecule has 0 spiro atoms. The van der Waals surface area contributed by atoms with Gasteiger partial charge in [-0.15, -0.1) is 0 Å². The van der Waals surface area contributed by atoms with Gasteiger partial charge >= 0.3 is 0 Å². The van der Waals surface area contributed by atoms with Crippen molar-refractivity contribution in [2.45, 2.75) is 111 Å². The number of nitrogens with zero attached hydrogens (tertiary/aromatic N) is 2. The second-order valence-electron chi connectivity index (χ2n) is 29.0. The van der Waals surface area contributed by atoms with Gasteiger partial charge < -0.3 is 9.80 Å². The highest BCUT2D eigenvalue weighted by Crippen LogP contribution is 2.47. The normalized spacial score (nSPS) is 11.6. The lowest BCUT2D eigenvalue weighted by Crippen LogP contribution is -2.26. The third-order valence-corrected chi connectivity index (χ3v) is 21.6. The smallest absolute Gasteiger partial charge is 0.0462 e. The second-order valence-corrected chi connectivity index (χ2v) is 29.0. The van der Waals surface area contributed by atoms with Crippen LogP contribution in [0.15, 0.2) is 340 Å². The van der Waals surface area contributed by atoms with E-state index in [1.807, 2.05) is 0 Å². The summed E-state index contributed by atoms with van der Waals surface area (Å²) in [5.41, 5.74) is 33.6. The molecule has 2 nitrogen and oxygen atoms in total. The van der Waals surface area contributed by atoms with E-state index >= 15 is 0 Å². The molecule has 0 N–H and O–H groups in total. The third kappa shape index (κ3) is 14.4. The molecule has 14 rings (SSSR count). The van der Waals surface area contributed by atoms with Crippen LogP contribution in [0, 0.1) is 0 Å². The molecule has 0 radical (unpaired) electrons. The van der Waals surface area contributed by atoms with Gasteiger partial charge in [0.2, 0.25) is 0 Å². The lowest BCUT2D eigenvalue weighted by molar-refractivity contribution is 0.478. The van der Waals surface area contributed by atoms with Crippen molar-refractivity contribution in [2.75, 3.05) is 9.80 Å². The first-order valence-corrected chi connectivity index (χ1v) is 37.3. The van der Waals surface area contributed by atoms with Gasteiger partial charge in [-0.3, -0.25) is 0 Å². The van der Waals surface area contributed by atoms with Crippen LogP contribution in [0.5, 0.6) is 0 Å². The van der Waals surface area contributed by atoms with E-state index in [1.54, 1.807) is 0 Å². The van der Waals surface area contributed by atoms with Crippen molar-refractivity contribution < 1.29 is 0 Å². The van der Waals surface area contributed by atoms with Crippen molar-refractivity contribution in [2.24, 2.45) is 0 Å². The van der Waals surface area contributed by atoms with Gasteiger partial charge in [-0.25, -0.2) is 0 Å². The molecule has 0 amide bonds. The van der Waals surface area contributed by atoms with Gasteiger partial charge in [0.1, 0.15) is 0 Å². The van der Waals surface area contributed by atoms with E-state index in [2.05, 4.69) is 419 Å². The zero-order valence-corrected chi connectivity index (χ0v) is 61.4.